The highest BCUT2D eigenvalue weighted by atomic mass is 19.1. The van der Waals surface area contributed by atoms with E-state index in [0.717, 1.165) is 0 Å². The smallest absolute Gasteiger partial charge is 0.134 e. The molecule has 36 valence electrons. The lowest BCUT2D eigenvalue weighted by atomic mass is 10.4. The molecular weight excluding hydrogens is 83.0 g/mol. The maximum Gasteiger partial charge on any atom is 0.134 e. The number of rotatable bonds is 1. The molecule has 0 aromatic heterocycles. The molecule has 0 atom stereocenters. The topological polar surface area (TPSA) is 20.2 Å². The first kappa shape index (κ1) is 5.47. The summed E-state index contributed by atoms with van der Waals surface area (Å²) in [6, 6.07) is 0. The molecule has 0 aromatic carbocycles. The van der Waals surface area contributed by atoms with E-state index >= 15 is 0 Å². The Morgan fingerprint density at radius 3 is 2.50 bits per heavy atom. The second-order valence-corrected chi connectivity index (χ2v) is 0.930. The summed E-state index contributed by atoms with van der Waals surface area (Å²) < 4.78 is 11.5. The second-order valence-electron chi connectivity index (χ2n) is 0.930. The number of aliphatic hydroxyl groups excluding tert-OH is 1. The molecule has 0 bridgehead atoms. The van der Waals surface area contributed by atoms with Crippen LogP contribution in [0.4, 0.5) is 4.39 Å². The van der Waals surface area contributed by atoms with E-state index in [9.17, 15) is 4.39 Å². The van der Waals surface area contributed by atoms with Crippen LogP contribution < -0.4 is 0 Å². The Morgan fingerprint density at radius 2 is 2.50 bits per heavy atom. The van der Waals surface area contributed by atoms with Crippen molar-refractivity contribution in [2.24, 2.45) is 0 Å². The van der Waals surface area contributed by atoms with Crippen LogP contribution in [0.1, 0.15) is 13.3 Å². The normalized spacial score (nSPS) is 12.0. The van der Waals surface area contributed by atoms with Crippen LogP contribution in [0.15, 0.2) is 12.1 Å². The third kappa shape index (κ3) is 1.76. The van der Waals surface area contributed by atoms with Crippen molar-refractivity contribution in [2.75, 3.05) is 0 Å². The average molecular weight is 90.1 g/mol. The molecular formula is C4H7FO. The van der Waals surface area contributed by atoms with E-state index in [4.69, 9.17) is 5.11 Å². The van der Waals surface area contributed by atoms with Gasteiger partial charge in [0.25, 0.3) is 0 Å². The van der Waals surface area contributed by atoms with Gasteiger partial charge in [-0.3, -0.25) is 0 Å². The number of hydrogen-bond donors (Lipinski definition) is 1. The summed E-state index contributed by atoms with van der Waals surface area (Å²) >= 11 is 0. The Balaban J connectivity index is 3.22. The lowest BCUT2D eigenvalue weighted by Gasteiger charge is -1.78. The van der Waals surface area contributed by atoms with Crippen LogP contribution in [0.3, 0.4) is 0 Å². The predicted octanol–water partition coefficient (Wildman–Crippen LogP) is 1.77. The van der Waals surface area contributed by atoms with Crippen LogP contribution in [-0.4, -0.2) is 5.11 Å². The van der Waals surface area contributed by atoms with Gasteiger partial charge >= 0.3 is 0 Å². The zero-order valence-corrected chi connectivity index (χ0v) is 3.61. The minimum absolute atomic E-state index is 0.274. The van der Waals surface area contributed by atoms with Gasteiger partial charge < -0.3 is 5.11 Å². The summed E-state index contributed by atoms with van der Waals surface area (Å²) in [6.45, 7) is 1.63. The second kappa shape index (κ2) is 2.69. The van der Waals surface area contributed by atoms with Gasteiger partial charge in [0.2, 0.25) is 0 Å². The van der Waals surface area contributed by atoms with Gasteiger partial charge in [-0.15, -0.1) is 0 Å². The van der Waals surface area contributed by atoms with Gasteiger partial charge in [0, 0.05) is 0 Å². The third-order valence-electron chi connectivity index (χ3n) is 0.478. The molecule has 6 heavy (non-hydrogen) atoms. The largest absolute Gasteiger partial charge is 0.513 e. The first-order valence-corrected chi connectivity index (χ1v) is 1.80. The first-order chi connectivity index (χ1) is 2.81. The van der Waals surface area contributed by atoms with Crippen molar-refractivity contribution in [1.82, 2.24) is 0 Å². The van der Waals surface area contributed by atoms with Gasteiger partial charge in [-0.05, 0) is 6.42 Å². The highest BCUT2D eigenvalue weighted by Gasteiger charge is 1.81. The van der Waals surface area contributed by atoms with Gasteiger partial charge in [0.05, 0.1) is 0 Å². The Morgan fingerprint density at radius 1 is 2.00 bits per heavy atom. The monoisotopic (exact) mass is 90.0 g/mol. The van der Waals surface area contributed by atoms with Crippen molar-refractivity contribution in [2.45, 2.75) is 13.3 Å². The molecule has 0 radical (unpaired) electrons. The Kier molecular flexibility index (Phi) is 2.46. The molecule has 0 unspecified atom stereocenters. The van der Waals surface area contributed by atoms with Crippen molar-refractivity contribution in [3.8, 4) is 0 Å². The average Bonchev–Trinajstić information content (AvgIpc) is 1.65. The first-order valence-electron chi connectivity index (χ1n) is 1.80. The molecule has 1 nitrogen and oxygen atoms in total. The lowest BCUT2D eigenvalue weighted by molar-refractivity contribution is 0.434. The fourth-order valence-corrected chi connectivity index (χ4v) is 0.0913. The molecule has 0 saturated carbocycles. The predicted molar refractivity (Wildman–Crippen MR) is 22.1 cm³/mol. The summed E-state index contributed by atoms with van der Waals surface area (Å²) in [7, 11) is 0. The van der Waals surface area contributed by atoms with Crippen LogP contribution in [0, 0.1) is 0 Å². The minimum atomic E-state index is -0.477. The standard InChI is InChI=1S/C4H7FO/c1-2-4(5)3-6/h3,6H,2H2,1H3/b4-3+. The third-order valence-corrected chi connectivity index (χ3v) is 0.478. The van der Waals surface area contributed by atoms with Crippen LogP contribution in [0.5, 0.6) is 0 Å². The van der Waals surface area contributed by atoms with E-state index in [1.54, 1.807) is 6.92 Å². The lowest BCUT2D eigenvalue weighted by Crippen LogP contribution is -1.63. The van der Waals surface area contributed by atoms with E-state index in [0.29, 0.717) is 6.26 Å². The van der Waals surface area contributed by atoms with Crippen LogP contribution >= 0.6 is 0 Å². The molecule has 0 rings (SSSR count). The summed E-state index contributed by atoms with van der Waals surface area (Å²) in [5, 5.41) is 7.80. The Hall–Kier alpha value is -0.530. The highest BCUT2D eigenvalue weighted by Crippen LogP contribution is 1.96. The van der Waals surface area contributed by atoms with Gasteiger partial charge in [-0.25, -0.2) is 4.39 Å². The summed E-state index contributed by atoms with van der Waals surface area (Å²) in [4.78, 5) is 0. The van der Waals surface area contributed by atoms with E-state index in [2.05, 4.69) is 0 Å². The van der Waals surface area contributed by atoms with E-state index in [-0.39, 0.29) is 6.42 Å². The van der Waals surface area contributed by atoms with Gasteiger partial charge in [-0.1, -0.05) is 6.92 Å². The van der Waals surface area contributed by atoms with Crippen LogP contribution in [0.2, 0.25) is 0 Å². The molecule has 1 N–H and O–H groups in total. The number of halogens is 1. The fraction of sp³-hybridized carbons (Fsp3) is 0.500. The molecule has 0 aliphatic carbocycles. The Labute approximate surface area is 36.1 Å². The molecule has 0 saturated heterocycles. The van der Waals surface area contributed by atoms with E-state index in [1.807, 2.05) is 0 Å². The Bertz CT molecular complexity index is 58.6. The molecule has 0 aliphatic heterocycles. The highest BCUT2D eigenvalue weighted by molar-refractivity contribution is 4.80. The van der Waals surface area contributed by atoms with Crippen molar-refractivity contribution in [3.05, 3.63) is 12.1 Å². The fourth-order valence-electron chi connectivity index (χ4n) is 0.0913. The quantitative estimate of drug-likeness (QED) is 0.486. The molecule has 0 fully saturated rings. The zero-order chi connectivity index (χ0) is 4.99. The van der Waals surface area contributed by atoms with Gasteiger partial charge in [0.15, 0.2) is 0 Å². The van der Waals surface area contributed by atoms with Crippen molar-refractivity contribution in [3.63, 3.8) is 0 Å². The summed E-state index contributed by atoms with van der Waals surface area (Å²) in [5.41, 5.74) is 0. The maximum absolute atomic E-state index is 11.5. The molecule has 0 amide bonds. The van der Waals surface area contributed by atoms with Crippen molar-refractivity contribution < 1.29 is 9.50 Å². The van der Waals surface area contributed by atoms with E-state index < -0.39 is 5.83 Å². The molecule has 0 aliphatic rings. The van der Waals surface area contributed by atoms with Crippen molar-refractivity contribution >= 4 is 0 Å². The molecule has 0 aromatic rings. The number of hydrogen-bond acceptors (Lipinski definition) is 1. The van der Waals surface area contributed by atoms with Crippen LogP contribution in [0.25, 0.3) is 0 Å². The SMILES string of the molecule is CC/C(F)=C\O. The molecule has 2 heteroatoms. The summed E-state index contributed by atoms with van der Waals surface area (Å²) in [5.74, 6) is -0.477. The number of allylic oxidation sites excluding steroid dienone is 1. The number of aliphatic hydroxyl groups is 1. The van der Waals surface area contributed by atoms with Gasteiger partial charge in [0.1, 0.15) is 12.1 Å². The molecule has 0 heterocycles. The van der Waals surface area contributed by atoms with E-state index in [1.165, 1.54) is 0 Å². The summed E-state index contributed by atoms with van der Waals surface area (Å²) in [6.07, 6.45) is 0.747. The van der Waals surface area contributed by atoms with Crippen LogP contribution in [-0.2, 0) is 0 Å². The maximum atomic E-state index is 11.5. The van der Waals surface area contributed by atoms with Gasteiger partial charge in [-0.2, -0.15) is 0 Å². The zero-order valence-electron chi connectivity index (χ0n) is 3.61. The minimum Gasteiger partial charge on any atom is -0.513 e. The van der Waals surface area contributed by atoms with Crippen molar-refractivity contribution in [1.29, 1.82) is 0 Å². The molecule has 0 spiro atoms.